The lowest BCUT2D eigenvalue weighted by molar-refractivity contribution is -0.117. The average Bonchev–Trinajstić information content (AvgIpc) is 2.63. The second kappa shape index (κ2) is 9.61. The third kappa shape index (κ3) is 5.62. The van der Waals surface area contributed by atoms with Crippen LogP contribution in [0, 0.1) is 5.82 Å². The highest BCUT2D eigenvalue weighted by molar-refractivity contribution is 5.91. The van der Waals surface area contributed by atoms with Gasteiger partial charge in [-0.3, -0.25) is 4.79 Å². The minimum Gasteiger partial charge on any atom is -0.490 e. The topological polar surface area (TPSA) is 47.6 Å². The van der Waals surface area contributed by atoms with Gasteiger partial charge in [-0.2, -0.15) is 0 Å². The molecule has 0 spiro atoms. The summed E-state index contributed by atoms with van der Waals surface area (Å²) in [5, 5.41) is 2.90. The SMILES string of the molecule is CCOc1ccc([C@@H](C)NC(=O)/C=C/c2ccc(F)cc2)cc1OCC. The third-order valence-corrected chi connectivity index (χ3v) is 3.72. The monoisotopic (exact) mass is 357 g/mol. The van der Waals surface area contributed by atoms with Crippen molar-refractivity contribution in [3.63, 3.8) is 0 Å². The van der Waals surface area contributed by atoms with Crippen molar-refractivity contribution >= 4 is 12.0 Å². The molecule has 138 valence electrons. The number of hydrogen-bond acceptors (Lipinski definition) is 3. The Hall–Kier alpha value is -2.82. The zero-order valence-corrected chi connectivity index (χ0v) is 15.3. The fraction of sp³-hybridized carbons (Fsp3) is 0.286. The van der Waals surface area contributed by atoms with Crippen molar-refractivity contribution in [2.75, 3.05) is 13.2 Å². The molecule has 1 N–H and O–H groups in total. The summed E-state index contributed by atoms with van der Waals surface area (Å²) in [4.78, 5) is 12.1. The van der Waals surface area contributed by atoms with E-state index in [0.717, 1.165) is 11.1 Å². The van der Waals surface area contributed by atoms with E-state index in [1.54, 1.807) is 18.2 Å². The van der Waals surface area contributed by atoms with Gasteiger partial charge in [-0.15, -0.1) is 0 Å². The molecular weight excluding hydrogens is 333 g/mol. The molecule has 0 fully saturated rings. The van der Waals surface area contributed by atoms with Crippen LogP contribution in [-0.4, -0.2) is 19.1 Å². The summed E-state index contributed by atoms with van der Waals surface area (Å²) in [6.07, 6.45) is 3.08. The smallest absolute Gasteiger partial charge is 0.244 e. The van der Waals surface area contributed by atoms with Crippen LogP contribution in [-0.2, 0) is 4.79 Å². The standard InChI is InChI=1S/C21H24FNO3/c1-4-25-19-12-9-17(14-20(19)26-5-2)15(3)23-21(24)13-8-16-6-10-18(22)11-7-16/h6-15H,4-5H2,1-3H3,(H,23,24)/b13-8+/t15-/m1/s1. The molecular formula is C21H24FNO3. The highest BCUT2D eigenvalue weighted by atomic mass is 19.1. The van der Waals surface area contributed by atoms with E-state index < -0.39 is 0 Å². The van der Waals surface area contributed by atoms with Gasteiger partial charge in [0.1, 0.15) is 5.82 Å². The number of halogens is 1. The highest BCUT2D eigenvalue weighted by Gasteiger charge is 2.12. The Labute approximate surface area is 153 Å². The number of benzene rings is 2. The van der Waals surface area contributed by atoms with Crippen molar-refractivity contribution in [1.82, 2.24) is 5.32 Å². The Balaban J connectivity index is 2.03. The summed E-state index contributed by atoms with van der Waals surface area (Å²) in [5.41, 5.74) is 1.68. The van der Waals surface area contributed by atoms with Gasteiger partial charge < -0.3 is 14.8 Å². The van der Waals surface area contributed by atoms with Crippen molar-refractivity contribution in [3.05, 3.63) is 65.5 Å². The Kier molecular flexibility index (Phi) is 7.21. The maximum absolute atomic E-state index is 12.9. The normalized spacial score (nSPS) is 12.0. The van der Waals surface area contributed by atoms with Gasteiger partial charge in [0.15, 0.2) is 11.5 Å². The van der Waals surface area contributed by atoms with Crippen molar-refractivity contribution in [3.8, 4) is 11.5 Å². The number of ether oxygens (including phenoxy) is 2. The second-order valence-electron chi connectivity index (χ2n) is 5.69. The molecule has 0 aromatic heterocycles. The largest absolute Gasteiger partial charge is 0.490 e. The Bertz CT molecular complexity index is 756. The Morgan fingerprint density at radius 2 is 1.73 bits per heavy atom. The van der Waals surface area contributed by atoms with Gasteiger partial charge >= 0.3 is 0 Å². The van der Waals surface area contributed by atoms with E-state index in [9.17, 15) is 9.18 Å². The van der Waals surface area contributed by atoms with E-state index >= 15 is 0 Å². The molecule has 2 aromatic carbocycles. The summed E-state index contributed by atoms with van der Waals surface area (Å²) < 4.78 is 24.1. The predicted molar refractivity (Wildman–Crippen MR) is 101 cm³/mol. The molecule has 0 aliphatic heterocycles. The van der Waals surface area contributed by atoms with E-state index in [1.165, 1.54) is 18.2 Å². The van der Waals surface area contributed by atoms with Crippen LogP contribution in [0.25, 0.3) is 6.08 Å². The van der Waals surface area contributed by atoms with Crippen molar-refractivity contribution in [1.29, 1.82) is 0 Å². The van der Waals surface area contributed by atoms with Crippen molar-refractivity contribution in [2.24, 2.45) is 0 Å². The molecule has 0 unspecified atom stereocenters. The summed E-state index contributed by atoms with van der Waals surface area (Å²) in [6, 6.07) is 11.4. The van der Waals surface area contributed by atoms with Crippen LogP contribution in [0.5, 0.6) is 11.5 Å². The van der Waals surface area contributed by atoms with Gasteiger partial charge in [-0.25, -0.2) is 4.39 Å². The lowest BCUT2D eigenvalue weighted by Crippen LogP contribution is -2.24. The first-order valence-electron chi connectivity index (χ1n) is 8.67. The van der Waals surface area contributed by atoms with Gasteiger partial charge in [0.2, 0.25) is 5.91 Å². The molecule has 0 radical (unpaired) electrons. The van der Waals surface area contributed by atoms with Crippen molar-refractivity contribution in [2.45, 2.75) is 26.8 Å². The summed E-state index contributed by atoms with van der Waals surface area (Å²) in [6.45, 7) is 6.81. The van der Waals surface area contributed by atoms with Crippen LogP contribution < -0.4 is 14.8 Å². The fourth-order valence-electron chi connectivity index (χ4n) is 2.43. The summed E-state index contributed by atoms with van der Waals surface area (Å²) in [5.74, 6) is 0.817. The molecule has 0 aliphatic carbocycles. The van der Waals surface area contributed by atoms with Crippen LogP contribution in [0.4, 0.5) is 4.39 Å². The Morgan fingerprint density at radius 1 is 1.08 bits per heavy atom. The molecule has 26 heavy (non-hydrogen) atoms. The number of hydrogen-bond donors (Lipinski definition) is 1. The van der Waals surface area contributed by atoms with Crippen LogP contribution in [0.2, 0.25) is 0 Å². The quantitative estimate of drug-likeness (QED) is 0.707. The summed E-state index contributed by atoms with van der Waals surface area (Å²) in [7, 11) is 0. The molecule has 5 heteroatoms. The molecule has 0 heterocycles. The molecule has 0 aliphatic rings. The molecule has 0 saturated heterocycles. The first-order valence-corrected chi connectivity index (χ1v) is 8.67. The van der Waals surface area contributed by atoms with Gasteiger partial charge in [0, 0.05) is 6.08 Å². The minimum atomic E-state index is -0.305. The van der Waals surface area contributed by atoms with Crippen LogP contribution >= 0.6 is 0 Å². The predicted octanol–water partition coefficient (Wildman–Crippen LogP) is 4.51. The van der Waals surface area contributed by atoms with E-state index in [4.69, 9.17) is 9.47 Å². The van der Waals surface area contributed by atoms with Gasteiger partial charge in [0.25, 0.3) is 0 Å². The highest BCUT2D eigenvalue weighted by Crippen LogP contribution is 2.30. The fourth-order valence-corrected chi connectivity index (χ4v) is 2.43. The molecule has 0 bridgehead atoms. The maximum atomic E-state index is 12.9. The molecule has 1 amide bonds. The molecule has 4 nitrogen and oxygen atoms in total. The number of amides is 1. The van der Waals surface area contributed by atoms with Crippen LogP contribution in [0.1, 0.15) is 37.9 Å². The lowest BCUT2D eigenvalue weighted by atomic mass is 10.1. The lowest BCUT2D eigenvalue weighted by Gasteiger charge is -2.17. The van der Waals surface area contributed by atoms with E-state index in [-0.39, 0.29) is 17.8 Å². The van der Waals surface area contributed by atoms with Crippen molar-refractivity contribution < 1.29 is 18.7 Å². The van der Waals surface area contributed by atoms with E-state index in [0.29, 0.717) is 24.7 Å². The van der Waals surface area contributed by atoms with Crippen LogP contribution in [0.3, 0.4) is 0 Å². The number of rotatable bonds is 8. The molecule has 0 saturated carbocycles. The average molecular weight is 357 g/mol. The first-order chi connectivity index (χ1) is 12.5. The second-order valence-corrected chi connectivity index (χ2v) is 5.69. The molecule has 2 aromatic rings. The van der Waals surface area contributed by atoms with E-state index in [1.807, 2.05) is 39.0 Å². The summed E-state index contributed by atoms with van der Waals surface area (Å²) >= 11 is 0. The van der Waals surface area contributed by atoms with Gasteiger partial charge in [0.05, 0.1) is 19.3 Å². The van der Waals surface area contributed by atoms with E-state index in [2.05, 4.69) is 5.32 Å². The first kappa shape index (κ1) is 19.5. The van der Waals surface area contributed by atoms with Gasteiger partial charge in [-0.05, 0) is 62.2 Å². The minimum absolute atomic E-state index is 0.199. The maximum Gasteiger partial charge on any atom is 0.244 e. The van der Waals surface area contributed by atoms with Gasteiger partial charge in [-0.1, -0.05) is 18.2 Å². The third-order valence-electron chi connectivity index (χ3n) is 3.72. The molecule has 2 rings (SSSR count). The van der Waals surface area contributed by atoms with Crippen LogP contribution in [0.15, 0.2) is 48.5 Å². The number of carbonyl (C=O) groups is 1. The Morgan fingerprint density at radius 3 is 2.38 bits per heavy atom. The zero-order chi connectivity index (χ0) is 18.9. The zero-order valence-electron chi connectivity index (χ0n) is 15.3. The number of nitrogens with one attached hydrogen (secondary N) is 1. The number of carbonyl (C=O) groups excluding carboxylic acids is 1. The molecule has 1 atom stereocenters.